The van der Waals surface area contributed by atoms with Gasteiger partial charge >= 0.3 is 5.97 Å². The zero-order chi connectivity index (χ0) is 13.0. The summed E-state index contributed by atoms with van der Waals surface area (Å²) in [7, 11) is 0. The number of unbranched alkanes of at least 4 members (excludes halogenated alkanes) is 1. The van der Waals surface area contributed by atoms with E-state index in [1.807, 2.05) is 13.0 Å². The number of fused-ring (bicyclic) bond motifs is 1. The second-order valence-electron chi connectivity index (χ2n) is 4.04. The van der Waals surface area contributed by atoms with Gasteiger partial charge in [-0.1, -0.05) is 13.3 Å². The molecule has 0 aromatic heterocycles. The summed E-state index contributed by atoms with van der Waals surface area (Å²) in [6.45, 7) is 2.48. The molecule has 0 saturated heterocycles. The Morgan fingerprint density at radius 1 is 1.50 bits per heavy atom. The lowest BCUT2D eigenvalue weighted by molar-refractivity contribution is -0.113. The van der Waals surface area contributed by atoms with Gasteiger partial charge in [0, 0.05) is 4.90 Å². The lowest BCUT2D eigenvalue weighted by atomic mass is 10.2. The number of amides is 1. The lowest BCUT2D eigenvalue weighted by Gasteiger charge is -2.16. The van der Waals surface area contributed by atoms with Crippen LogP contribution in [-0.2, 0) is 9.53 Å². The standard InChI is InChI=1S/C13H15NO3S/c1-2-3-6-17-13(16)9-4-5-11-10(7-9)14-12(15)8-18-11/h4-5,7H,2-3,6,8H2,1H3,(H,14,15). The highest BCUT2D eigenvalue weighted by Gasteiger charge is 2.17. The molecular weight excluding hydrogens is 250 g/mol. The molecule has 1 aromatic rings. The van der Waals surface area contributed by atoms with Gasteiger partial charge in [-0.2, -0.15) is 0 Å². The number of hydrogen-bond donors (Lipinski definition) is 1. The van der Waals surface area contributed by atoms with Crippen molar-refractivity contribution in [2.24, 2.45) is 0 Å². The monoisotopic (exact) mass is 265 g/mol. The number of hydrogen-bond acceptors (Lipinski definition) is 4. The molecule has 1 aromatic carbocycles. The quantitative estimate of drug-likeness (QED) is 0.671. The Balaban J connectivity index is 2.08. The van der Waals surface area contributed by atoms with Crippen molar-refractivity contribution in [2.75, 3.05) is 17.7 Å². The molecule has 2 rings (SSSR count). The maximum atomic E-state index is 11.7. The third kappa shape index (κ3) is 3.04. The van der Waals surface area contributed by atoms with Crippen LogP contribution in [0, 0.1) is 0 Å². The number of carbonyl (C=O) groups is 2. The van der Waals surface area contributed by atoms with Crippen LogP contribution in [0.15, 0.2) is 23.1 Å². The first kappa shape index (κ1) is 13.0. The Morgan fingerprint density at radius 3 is 3.11 bits per heavy atom. The first-order valence-electron chi connectivity index (χ1n) is 5.94. The number of esters is 1. The number of anilines is 1. The van der Waals surface area contributed by atoms with Gasteiger partial charge < -0.3 is 10.1 Å². The number of carbonyl (C=O) groups excluding carboxylic acids is 2. The normalized spacial score (nSPS) is 13.7. The minimum Gasteiger partial charge on any atom is -0.462 e. The minimum absolute atomic E-state index is 0.0380. The van der Waals surface area contributed by atoms with Crippen molar-refractivity contribution >= 4 is 29.3 Å². The number of benzene rings is 1. The van der Waals surface area contributed by atoms with Crippen LogP contribution in [0.5, 0.6) is 0 Å². The van der Waals surface area contributed by atoms with Gasteiger partial charge in [-0.25, -0.2) is 4.79 Å². The predicted octanol–water partition coefficient (Wildman–Crippen LogP) is 2.69. The Morgan fingerprint density at radius 2 is 2.33 bits per heavy atom. The molecule has 1 aliphatic rings. The van der Waals surface area contributed by atoms with Gasteiger partial charge in [0.05, 0.1) is 23.6 Å². The lowest BCUT2D eigenvalue weighted by Crippen LogP contribution is -2.19. The highest BCUT2D eigenvalue weighted by Crippen LogP contribution is 2.32. The highest BCUT2D eigenvalue weighted by molar-refractivity contribution is 8.00. The molecule has 1 heterocycles. The van der Waals surface area contributed by atoms with Gasteiger partial charge in [-0.3, -0.25) is 4.79 Å². The van der Waals surface area contributed by atoms with E-state index in [0.29, 0.717) is 23.6 Å². The van der Waals surface area contributed by atoms with Crippen LogP contribution in [-0.4, -0.2) is 24.2 Å². The molecule has 0 spiro atoms. The summed E-state index contributed by atoms with van der Waals surface area (Å²) in [5, 5.41) is 2.75. The van der Waals surface area contributed by atoms with Crippen molar-refractivity contribution in [3.8, 4) is 0 Å². The van der Waals surface area contributed by atoms with E-state index < -0.39 is 0 Å². The molecule has 0 saturated carbocycles. The van der Waals surface area contributed by atoms with E-state index >= 15 is 0 Å². The summed E-state index contributed by atoms with van der Waals surface area (Å²) >= 11 is 1.47. The Labute approximate surface area is 110 Å². The maximum absolute atomic E-state index is 11.7. The van der Waals surface area contributed by atoms with E-state index in [9.17, 15) is 9.59 Å². The maximum Gasteiger partial charge on any atom is 0.338 e. The molecule has 5 heteroatoms. The minimum atomic E-state index is -0.337. The zero-order valence-corrected chi connectivity index (χ0v) is 11.0. The Kier molecular flexibility index (Phi) is 4.25. The van der Waals surface area contributed by atoms with Gasteiger partial charge in [0.2, 0.25) is 5.91 Å². The van der Waals surface area contributed by atoms with Crippen molar-refractivity contribution in [2.45, 2.75) is 24.7 Å². The summed E-state index contributed by atoms with van der Waals surface area (Å²) in [4.78, 5) is 24.0. The summed E-state index contributed by atoms with van der Waals surface area (Å²) in [6, 6.07) is 5.25. The molecule has 1 amide bonds. The average Bonchev–Trinajstić information content (AvgIpc) is 2.38. The second-order valence-corrected chi connectivity index (χ2v) is 5.05. The van der Waals surface area contributed by atoms with Crippen molar-refractivity contribution in [1.29, 1.82) is 0 Å². The summed E-state index contributed by atoms with van der Waals surface area (Å²) in [6.07, 6.45) is 1.85. The number of rotatable bonds is 4. The van der Waals surface area contributed by atoms with Crippen LogP contribution < -0.4 is 5.32 Å². The summed E-state index contributed by atoms with van der Waals surface area (Å²) < 4.78 is 5.13. The van der Waals surface area contributed by atoms with Crippen LogP contribution >= 0.6 is 11.8 Å². The third-order valence-corrected chi connectivity index (χ3v) is 3.65. The number of ether oxygens (including phenoxy) is 1. The van der Waals surface area contributed by atoms with Crippen LogP contribution in [0.4, 0.5) is 5.69 Å². The van der Waals surface area contributed by atoms with Crippen molar-refractivity contribution < 1.29 is 14.3 Å². The van der Waals surface area contributed by atoms with Crippen LogP contribution in [0.1, 0.15) is 30.1 Å². The van der Waals surface area contributed by atoms with Crippen LogP contribution in [0.25, 0.3) is 0 Å². The van der Waals surface area contributed by atoms with Gasteiger partial charge in [0.1, 0.15) is 0 Å². The van der Waals surface area contributed by atoms with Gasteiger partial charge in [0.25, 0.3) is 0 Å². The Bertz CT molecular complexity index is 473. The molecule has 1 aliphatic heterocycles. The van der Waals surface area contributed by atoms with E-state index in [1.165, 1.54) is 11.8 Å². The molecule has 4 nitrogen and oxygen atoms in total. The van der Waals surface area contributed by atoms with Crippen molar-refractivity contribution in [1.82, 2.24) is 0 Å². The van der Waals surface area contributed by atoms with Gasteiger partial charge in [-0.15, -0.1) is 11.8 Å². The molecular formula is C13H15NO3S. The SMILES string of the molecule is CCCCOC(=O)c1ccc2c(c1)NC(=O)CS2. The third-order valence-electron chi connectivity index (χ3n) is 2.58. The van der Waals surface area contributed by atoms with E-state index in [2.05, 4.69) is 5.32 Å². The largest absolute Gasteiger partial charge is 0.462 e. The summed E-state index contributed by atoms with van der Waals surface area (Å²) in [5.41, 5.74) is 1.17. The molecule has 96 valence electrons. The molecule has 0 radical (unpaired) electrons. The molecule has 0 fully saturated rings. The van der Waals surface area contributed by atoms with Crippen LogP contribution in [0.3, 0.4) is 0 Å². The smallest absolute Gasteiger partial charge is 0.338 e. The van der Waals surface area contributed by atoms with Crippen molar-refractivity contribution in [3.63, 3.8) is 0 Å². The van der Waals surface area contributed by atoms with Gasteiger partial charge in [-0.05, 0) is 24.6 Å². The van der Waals surface area contributed by atoms with Crippen molar-refractivity contribution in [3.05, 3.63) is 23.8 Å². The van der Waals surface area contributed by atoms with E-state index in [-0.39, 0.29) is 11.9 Å². The molecule has 1 N–H and O–H groups in total. The first-order valence-corrected chi connectivity index (χ1v) is 6.93. The molecule has 0 aliphatic carbocycles. The van der Waals surface area contributed by atoms with Gasteiger partial charge in [0.15, 0.2) is 0 Å². The zero-order valence-electron chi connectivity index (χ0n) is 10.2. The fourth-order valence-electron chi connectivity index (χ4n) is 1.60. The molecule has 0 atom stereocenters. The molecule has 0 unspecified atom stereocenters. The summed E-state index contributed by atoms with van der Waals surface area (Å²) in [5.74, 6) is 0.0490. The average molecular weight is 265 g/mol. The number of thioether (sulfide) groups is 1. The fraction of sp³-hybridized carbons (Fsp3) is 0.385. The van der Waals surface area contributed by atoms with Crippen LogP contribution in [0.2, 0.25) is 0 Å². The van der Waals surface area contributed by atoms with E-state index in [0.717, 1.165) is 17.7 Å². The topological polar surface area (TPSA) is 55.4 Å². The number of nitrogens with one attached hydrogen (secondary N) is 1. The predicted molar refractivity (Wildman–Crippen MR) is 71.0 cm³/mol. The van der Waals surface area contributed by atoms with E-state index in [1.54, 1.807) is 12.1 Å². The first-order chi connectivity index (χ1) is 8.70. The second kappa shape index (κ2) is 5.91. The Hall–Kier alpha value is -1.49. The van der Waals surface area contributed by atoms with E-state index in [4.69, 9.17) is 4.74 Å². The molecule has 18 heavy (non-hydrogen) atoms. The fourth-order valence-corrected chi connectivity index (χ4v) is 2.39. The molecule has 0 bridgehead atoms. The highest BCUT2D eigenvalue weighted by atomic mass is 32.2.